The Morgan fingerprint density at radius 3 is 1.62 bits per heavy atom. The smallest absolute Gasteiger partial charge is 0.306 e. The van der Waals surface area contributed by atoms with E-state index in [1.807, 2.05) is 0 Å². The number of esters is 1. The lowest BCUT2D eigenvalue weighted by Crippen LogP contribution is -1.98. The zero-order valence-corrected chi connectivity index (χ0v) is 17.2. The summed E-state index contributed by atoms with van der Waals surface area (Å²) in [6.45, 7) is 2.27. The van der Waals surface area contributed by atoms with Crippen molar-refractivity contribution in [3.8, 4) is 11.8 Å². The molecule has 0 aromatic rings. The van der Waals surface area contributed by atoms with Gasteiger partial charge in [-0.1, -0.05) is 96.3 Å². The Balaban J connectivity index is 3.27. The Labute approximate surface area is 161 Å². The van der Waals surface area contributed by atoms with E-state index < -0.39 is 0 Å². The van der Waals surface area contributed by atoms with Crippen molar-refractivity contribution in [2.24, 2.45) is 0 Å². The van der Waals surface area contributed by atoms with E-state index in [0.29, 0.717) is 12.8 Å². The molecule has 0 amide bonds. The first-order chi connectivity index (χ1) is 12.7. The van der Waals surface area contributed by atoms with Gasteiger partial charge in [0.25, 0.3) is 0 Å². The van der Waals surface area contributed by atoms with Gasteiger partial charge in [-0.25, -0.2) is 0 Å². The highest BCUT2D eigenvalue weighted by Gasteiger charge is 1.99. The van der Waals surface area contributed by atoms with E-state index >= 15 is 0 Å². The zero-order chi connectivity index (χ0) is 19.3. The summed E-state index contributed by atoms with van der Waals surface area (Å²) in [5, 5.41) is 0. The molecule has 0 aliphatic rings. The third-order valence-corrected chi connectivity index (χ3v) is 4.67. The number of hydrogen-bond acceptors (Lipinski definition) is 3. The zero-order valence-electron chi connectivity index (χ0n) is 17.2. The maximum atomic E-state index is 11.6. The van der Waals surface area contributed by atoms with Gasteiger partial charge in [0.2, 0.25) is 5.78 Å². The van der Waals surface area contributed by atoms with Crippen molar-refractivity contribution in [2.45, 2.75) is 116 Å². The number of carbonyl (C=O) groups is 2. The van der Waals surface area contributed by atoms with Gasteiger partial charge in [-0.05, 0) is 12.3 Å². The predicted molar refractivity (Wildman–Crippen MR) is 109 cm³/mol. The van der Waals surface area contributed by atoms with Crippen LogP contribution in [0.1, 0.15) is 116 Å². The van der Waals surface area contributed by atoms with E-state index in [1.165, 1.54) is 84.2 Å². The monoisotopic (exact) mass is 364 g/mol. The molecule has 3 nitrogen and oxygen atoms in total. The van der Waals surface area contributed by atoms with E-state index in [0.717, 1.165) is 12.8 Å². The Bertz CT molecular complexity index is 403. The van der Waals surface area contributed by atoms with Crippen molar-refractivity contribution < 1.29 is 14.3 Å². The lowest BCUT2D eigenvalue weighted by Gasteiger charge is -2.02. The van der Waals surface area contributed by atoms with Gasteiger partial charge in [0.15, 0.2) is 0 Å². The first kappa shape index (κ1) is 24.7. The van der Waals surface area contributed by atoms with E-state index in [4.69, 9.17) is 0 Å². The minimum Gasteiger partial charge on any atom is -0.469 e. The molecule has 0 aromatic heterocycles. The molecule has 26 heavy (non-hydrogen) atoms. The molecule has 0 aliphatic heterocycles. The number of rotatable bonds is 17. The number of ketones is 1. The van der Waals surface area contributed by atoms with Crippen LogP contribution in [0.4, 0.5) is 0 Å². The average Bonchev–Trinajstić information content (AvgIpc) is 2.65. The second-order valence-electron chi connectivity index (χ2n) is 7.15. The molecule has 150 valence electrons. The molecule has 0 radical (unpaired) electrons. The van der Waals surface area contributed by atoms with Gasteiger partial charge in [0.1, 0.15) is 0 Å². The molecule has 0 fully saturated rings. The summed E-state index contributed by atoms with van der Waals surface area (Å²) in [4.78, 5) is 22.5. The molecule has 0 spiro atoms. The Hall–Kier alpha value is -1.30. The second-order valence-corrected chi connectivity index (χ2v) is 7.15. The van der Waals surface area contributed by atoms with E-state index in [-0.39, 0.29) is 18.2 Å². The van der Waals surface area contributed by atoms with Gasteiger partial charge in [-0.2, -0.15) is 0 Å². The van der Waals surface area contributed by atoms with Crippen LogP contribution in [0.3, 0.4) is 0 Å². The van der Waals surface area contributed by atoms with Crippen molar-refractivity contribution in [3.63, 3.8) is 0 Å². The van der Waals surface area contributed by atoms with Gasteiger partial charge in [-0.15, -0.1) is 0 Å². The number of carbonyl (C=O) groups excluding carboxylic acids is 2. The number of ether oxygens (including phenoxy) is 1. The molecule has 0 saturated carbocycles. The highest BCUT2D eigenvalue weighted by atomic mass is 16.5. The summed E-state index contributed by atoms with van der Waals surface area (Å²) in [7, 11) is 1.36. The van der Waals surface area contributed by atoms with Gasteiger partial charge in [0, 0.05) is 12.8 Å². The van der Waals surface area contributed by atoms with Crippen molar-refractivity contribution in [1.29, 1.82) is 0 Å². The van der Waals surface area contributed by atoms with Crippen LogP contribution in [0.2, 0.25) is 0 Å². The summed E-state index contributed by atoms with van der Waals surface area (Å²) in [5.41, 5.74) is 0. The van der Waals surface area contributed by atoms with Gasteiger partial charge in [-0.3, -0.25) is 9.59 Å². The van der Waals surface area contributed by atoms with E-state index in [2.05, 4.69) is 23.5 Å². The highest BCUT2D eigenvalue weighted by Crippen LogP contribution is 2.13. The Morgan fingerprint density at radius 2 is 1.15 bits per heavy atom. The van der Waals surface area contributed by atoms with E-state index in [1.54, 1.807) is 0 Å². The molecule has 3 heteroatoms. The standard InChI is InChI=1S/C23H40O3/c1-3-4-5-6-7-8-9-10-11-12-13-14-15-16-19-22(24)20-17-18-21-23(25)26-2/h3-16,18-19,21H2,1-2H3. The topological polar surface area (TPSA) is 43.4 Å². The second kappa shape index (κ2) is 20.0. The SMILES string of the molecule is CCCCCCCCCCCCCCCCC(=O)C#CCCC(=O)OC. The lowest BCUT2D eigenvalue weighted by atomic mass is 10.0. The number of hydrogen-bond donors (Lipinski definition) is 0. The van der Waals surface area contributed by atoms with Crippen LogP contribution in [-0.2, 0) is 14.3 Å². The molecule has 0 rings (SSSR count). The fourth-order valence-electron chi connectivity index (χ4n) is 2.97. The molecule has 0 aliphatic carbocycles. The van der Waals surface area contributed by atoms with Crippen LogP contribution in [0.5, 0.6) is 0 Å². The Kier molecular flexibility index (Phi) is 19.0. The summed E-state index contributed by atoms with van der Waals surface area (Å²) in [5.74, 6) is 5.08. The first-order valence-corrected chi connectivity index (χ1v) is 10.8. The van der Waals surface area contributed by atoms with Crippen LogP contribution in [0.25, 0.3) is 0 Å². The number of methoxy groups -OCH3 is 1. The third kappa shape index (κ3) is 19.0. The van der Waals surface area contributed by atoms with Gasteiger partial charge < -0.3 is 4.74 Å². The van der Waals surface area contributed by atoms with Crippen molar-refractivity contribution in [1.82, 2.24) is 0 Å². The lowest BCUT2D eigenvalue weighted by molar-refractivity contribution is -0.140. The van der Waals surface area contributed by atoms with Crippen LogP contribution in [-0.4, -0.2) is 18.9 Å². The van der Waals surface area contributed by atoms with Crippen molar-refractivity contribution >= 4 is 11.8 Å². The maximum Gasteiger partial charge on any atom is 0.306 e. The molecule has 0 saturated heterocycles. The molecule has 0 N–H and O–H groups in total. The summed E-state index contributed by atoms with van der Waals surface area (Å²) in [6, 6.07) is 0. The molecular weight excluding hydrogens is 324 g/mol. The summed E-state index contributed by atoms with van der Waals surface area (Å²) in [6.07, 6.45) is 19.6. The maximum absolute atomic E-state index is 11.6. The largest absolute Gasteiger partial charge is 0.469 e. The minimum absolute atomic E-state index is 0.00574. The molecule has 0 heterocycles. The van der Waals surface area contributed by atoms with Crippen LogP contribution in [0, 0.1) is 11.8 Å². The van der Waals surface area contributed by atoms with E-state index in [9.17, 15) is 9.59 Å². The van der Waals surface area contributed by atoms with Crippen molar-refractivity contribution in [2.75, 3.05) is 7.11 Å². The fourth-order valence-corrected chi connectivity index (χ4v) is 2.97. The molecule has 0 bridgehead atoms. The average molecular weight is 365 g/mol. The van der Waals surface area contributed by atoms with Crippen LogP contribution in [0.15, 0.2) is 0 Å². The van der Waals surface area contributed by atoms with Crippen LogP contribution < -0.4 is 0 Å². The first-order valence-electron chi connectivity index (χ1n) is 10.8. The number of Topliss-reactive ketones (excluding diaryl/α,β-unsaturated/α-hetero) is 1. The summed E-state index contributed by atoms with van der Waals surface area (Å²) < 4.78 is 4.52. The Morgan fingerprint density at radius 1 is 0.692 bits per heavy atom. The molecular formula is C23H40O3. The fraction of sp³-hybridized carbons (Fsp3) is 0.826. The molecule has 0 unspecified atom stereocenters. The van der Waals surface area contributed by atoms with Gasteiger partial charge in [0.05, 0.1) is 13.5 Å². The quantitative estimate of drug-likeness (QED) is 0.130. The van der Waals surface area contributed by atoms with Gasteiger partial charge >= 0.3 is 5.97 Å². The minimum atomic E-state index is -0.279. The number of unbranched alkanes of at least 4 members (excludes halogenated alkanes) is 13. The normalized spacial score (nSPS) is 10.2. The van der Waals surface area contributed by atoms with Crippen LogP contribution >= 0.6 is 0 Å². The summed E-state index contributed by atoms with van der Waals surface area (Å²) >= 11 is 0. The molecule has 0 aromatic carbocycles. The highest BCUT2D eigenvalue weighted by molar-refractivity contribution is 5.95. The molecule has 0 atom stereocenters. The van der Waals surface area contributed by atoms with Crippen molar-refractivity contribution in [3.05, 3.63) is 0 Å². The predicted octanol–water partition coefficient (Wildman–Crippen LogP) is 6.38. The third-order valence-electron chi connectivity index (χ3n) is 4.67.